The van der Waals surface area contributed by atoms with Crippen LogP contribution < -0.4 is 0 Å². The van der Waals surface area contributed by atoms with E-state index >= 15 is 0 Å². The number of aliphatic hydroxyl groups is 3. The summed E-state index contributed by atoms with van der Waals surface area (Å²) < 4.78 is 0. The minimum atomic E-state index is -0.743. The van der Waals surface area contributed by atoms with Gasteiger partial charge < -0.3 is 15.3 Å². The predicted molar refractivity (Wildman–Crippen MR) is 68.6 cm³/mol. The summed E-state index contributed by atoms with van der Waals surface area (Å²) >= 11 is 0. The van der Waals surface area contributed by atoms with Crippen molar-refractivity contribution in [3.05, 3.63) is 11.6 Å². The van der Waals surface area contributed by atoms with Crippen molar-refractivity contribution >= 4 is 0 Å². The Morgan fingerprint density at radius 2 is 1.88 bits per heavy atom. The fourth-order valence-corrected chi connectivity index (χ4v) is 2.55. The summed E-state index contributed by atoms with van der Waals surface area (Å²) in [6, 6.07) is 0. The van der Waals surface area contributed by atoms with Crippen LogP contribution in [0, 0.1) is 5.92 Å². The highest BCUT2D eigenvalue weighted by atomic mass is 16.3. The van der Waals surface area contributed by atoms with E-state index in [2.05, 4.69) is 19.9 Å². The second-order valence-corrected chi connectivity index (χ2v) is 5.82. The first-order chi connectivity index (χ1) is 7.83. The number of hydrogen-bond acceptors (Lipinski definition) is 3. The van der Waals surface area contributed by atoms with Crippen LogP contribution in [-0.4, -0.2) is 33.1 Å². The lowest BCUT2D eigenvalue weighted by Gasteiger charge is -2.39. The smallest absolute Gasteiger partial charge is 0.0802 e. The third-order valence-corrected chi connectivity index (χ3v) is 3.86. The van der Waals surface area contributed by atoms with Crippen molar-refractivity contribution in [3.8, 4) is 0 Å². The standard InChI is InChI=1S/C14H26O3/c1-10(2)5-4-8-14(3,17)11-6-7-12(15)13(16)9-11/h5,11-13,15-17H,4,6-9H2,1-3H3/t11-,12+,13+,14-/m0/s1. The second-order valence-electron chi connectivity index (χ2n) is 5.82. The van der Waals surface area contributed by atoms with Crippen LogP contribution in [0.1, 0.15) is 52.9 Å². The quantitative estimate of drug-likeness (QED) is 0.661. The Hall–Kier alpha value is -0.380. The van der Waals surface area contributed by atoms with Gasteiger partial charge in [0.2, 0.25) is 0 Å². The third kappa shape index (κ3) is 4.41. The number of allylic oxidation sites excluding steroid dienone is 2. The maximum Gasteiger partial charge on any atom is 0.0802 e. The molecule has 1 saturated carbocycles. The molecule has 1 fully saturated rings. The van der Waals surface area contributed by atoms with Crippen LogP contribution in [0.2, 0.25) is 0 Å². The lowest BCUT2D eigenvalue weighted by atomic mass is 9.74. The van der Waals surface area contributed by atoms with Crippen molar-refractivity contribution < 1.29 is 15.3 Å². The van der Waals surface area contributed by atoms with E-state index in [1.165, 1.54) is 5.57 Å². The predicted octanol–water partition coefficient (Wildman–Crippen LogP) is 2.01. The zero-order valence-electron chi connectivity index (χ0n) is 11.2. The molecule has 1 aliphatic carbocycles. The first-order valence-corrected chi connectivity index (χ1v) is 6.55. The summed E-state index contributed by atoms with van der Waals surface area (Å²) in [5.41, 5.74) is 0.521. The van der Waals surface area contributed by atoms with Gasteiger partial charge in [0.1, 0.15) is 0 Å². The Labute approximate surface area is 104 Å². The molecule has 100 valence electrons. The Kier molecular flexibility index (Phi) is 5.17. The molecule has 0 spiro atoms. The first kappa shape index (κ1) is 14.7. The van der Waals surface area contributed by atoms with Crippen LogP contribution in [0.5, 0.6) is 0 Å². The molecule has 0 heterocycles. The van der Waals surface area contributed by atoms with Crippen LogP contribution >= 0.6 is 0 Å². The maximum absolute atomic E-state index is 10.4. The highest BCUT2D eigenvalue weighted by Crippen LogP contribution is 2.35. The van der Waals surface area contributed by atoms with Gasteiger partial charge in [0.25, 0.3) is 0 Å². The van der Waals surface area contributed by atoms with E-state index < -0.39 is 17.8 Å². The van der Waals surface area contributed by atoms with Gasteiger partial charge in [0.15, 0.2) is 0 Å². The van der Waals surface area contributed by atoms with Gasteiger partial charge in [-0.25, -0.2) is 0 Å². The molecule has 0 radical (unpaired) electrons. The Morgan fingerprint density at radius 3 is 2.41 bits per heavy atom. The third-order valence-electron chi connectivity index (χ3n) is 3.86. The SMILES string of the molecule is CC(C)=CCC[C@](C)(O)[C@H]1CC[C@@H](O)[C@H](O)C1. The molecule has 0 bridgehead atoms. The van der Waals surface area contributed by atoms with Crippen molar-refractivity contribution in [1.29, 1.82) is 0 Å². The van der Waals surface area contributed by atoms with Gasteiger partial charge in [-0.15, -0.1) is 0 Å². The van der Waals surface area contributed by atoms with E-state index in [9.17, 15) is 15.3 Å². The average molecular weight is 242 g/mol. The van der Waals surface area contributed by atoms with Crippen molar-refractivity contribution in [3.63, 3.8) is 0 Å². The van der Waals surface area contributed by atoms with E-state index in [4.69, 9.17) is 0 Å². The van der Waals surface area contributed by atoms with E-state index in [1.54, 1.807) is 0 Å². The normalized spacial score (nSPS) is 32.9. The highest BCUT2D eigenvalue weighted by molar-refractivity contribution is 4.96. The molecule has 0 aromatic carbocycles. The van der Waals surface area contributed by atoms with Gasteiger partial charge in [-0.1, -0.05) is 11.6 Å². The van der Waals surface area contributed by atoms with Crippen LogP contribution in [-0.2, 0) is 0 Å². The highest BCUT2D eigenvalue weighted by Gasteiger charge is 2.37. The Balaban J connectivity index is 2.49. The van der Waals surface area contributed by atoms with E-state index in [0.717, 1.165) is 12.8 Å². The molecule has 0 aromatic rings. The molecule has 3 nitrogen and oxygen atoms in total. The molecule has 1 aliphatic rings. The fraction of sp³-hybridized carbons (Fsp3) is 0.857. The van der Waals surface area contributed by atoms with Crippen LogP contribution in [0.4, 0.5) is 0 Å². The molecule has 0 amide bonds. The summed E-state index contributed by atoms with van der Waals surface area (Å²) in [6.07, 6.45) is 4.30. The van der Waals surface area contributed by atoms with Crippen LogP contribution in [0.3, 0.4) is 0 Å². The van der Waals surface area contributed by atoms with Crippen LogP contribution in [0.25, 0.3) is 0 Å². The molecule has 0 saturated heterocycles. The molecule has 1 rings (SSSR count). The summed E-state index contributed by atoms with van der Waals surface area (Å²) in [6.45, 7) is 5.95. The molecule has 3 N–H and O–H groups in total. The van der Waals surface area contributed by atoms with Crippen LogP contribution in [0.15, 0.2) is 11.6 Å². The van der Waals surface area contributed by atoms with E-state index in [1.807, 2.05) is 6.92 Å². The molecule has 0 unspecified atom stereocenters. The topological polar surface area (TPSA) is 60.7 Å². The number of aliphatic hydroxyl groups excluding tert-OH is 2. The average Bonchev–Trinajstić information content (AvgIpc) is 2.21. The zero-order chi connectivity index (χ0) is 13.1. The second kappa shape index (κ2) is 5.98. The molecular formula is C14H26O3. The molecule has 0 aromatic heterocycles. The summed E-state index contributed by atoms with van der Waals surface area (Å²) in [7, 11) is 0. The molecule has 0 aliphatic heterocycles. The van der Waals surface area contributed by atoms with Crippen molar-refractivity contribution in [1.82, 2.24) is 0 Å². The molecular weight excluding hydrogens is 216 g/mol. The Morgan fingerprint density at radius 1 is 1.24 bits per heavy atom. The van der Waals surface area contributed by atoms with Gasteiger partial charge in [0.05, 0.1) is 17.8 Å². The molecule has 17 heavy (non-hydrogen) atoms. The maximum atomic E-state index is 10.4. The van der Waals surface area contributed by atoms with Gasteiger partial charge >= 0.3 is 0 Å². The monoisotopic (exact) mass is 242 g/mol. The minimum absolute atomic E-state index is 0.0893. The summed E-state index contributed by atoms with van der Waals surface area (Å²) in [5, 5.41) is 29.6. The number of rotatable bonds is 4. The van der Waals surface area contributed by atoms with Gasteiger partial charge in [-0.3, -0.25) is 0 Å². The lowest BCUT2D eigenvalue weighted by molar-refractivity contribution is -0.0858. The Bertz CT molecular complexity index is 267. The van der Waals surface area contributed by atoms with Crippen molar-refractivity contribution in [2.75, 3.05) is 0 Å². The van der Waals surface area contributed by atoms with Gasteiger partial charge in [-0.05, 0) is 58.8 Å². The molecule has 3 heteroatoms. The zero-order valence-corrected chi connectivity index (χ0v) is 11.2. The van der Waals surface area contributed by atoms with Crippen molar-refractivity contribution in [2.24, 2.45) is 5.92 Å². The fourth-order valence-electron chi connectivity index (χ4n) is 2.55. The first-order valence-electron chi connectivity index (χ1n) is 6.55. The van der Waals surface area contributed by atoms with Gasteiger partial charge in [0, 0.05) is 0 Å². The largest absolute Gasteiger partial charge is 0.390 e. The molecule has 4 atom stereocenters. The lowest BCUT2D eigenvalue weighted by Crippen LogP contribution is -2.43. The number of hydrogen-bond donors (Lipinski definition) is 3. The van der Waals surface area contributed by atoms with E-state index in [-0.39, 0.29) is 5.92 Å². The van der Waals surface area contributed by atoms with Gasteiger partial charge in [-0.2, -0.15) is 0 Å². The summed E-state index contributed by atoms with van der Waals surface area (Å²) in [5.74, 6) is 0.0893. The minimum Gasteiger partial charge on any atom is -0.390 e. The van der Waals surface area contributed by atoms with E-state index in [0.29, 0.717) is 19.3 Å². The van der Waals surface area contributed by atoms with Crippen molar-refractivity contribution in [2.45, 2.75) is 70.7 Å². The summed E-state index contributed by atoms with van der Waals surface area (Å²) in [4.78, 5) is 0.